The van der Waals surface area contributed by atoms with Gasteiger partial charge in [0.25, 0.3) is 0 Å². The molecule has 18 heavy (non-hydrogen) atoms. The van der Waals surface area contributed by atoms with Crippen LogP contribution in [0.4, 0.5) is 0 Å². The number of halogens is 1. The van der Waals surface area contributed by atoms with Crippen molar-refractivity contribution >= 4 is 15.9 Å². The zero-order valence-corrected chi connectivity index (χ0v) is 11.6. The van der Waals surface area contributed by atoms with Gasteiger partial charge in [0.2, 0.25) is 11.8 Å². The summed E-state index contributed by atoms with van der Waals surface area (Å²) in [6.07, 6.45) is 0. The number of rotatable bonds is 4. The molecule has 1 aromatic carbocycles. The Hall–Kier alpha value is -1.75. The van der Waals surface area contributed by atoms with Crippen LogP contribution in [-0.2, 0) is 0 Å². The normalized spacial score (nSPS) is 9.94. The van der Waals surface area contributed by atoms with Crippen molar-refractivity contribution in [1.82, 2.24) is 4.98 Å². The lowest BCUT2D eigenvalue weighted by molar-refractivity contribution is 0.382. The number of ether oxygens (including phenoxy) is 3. The summed E-state index contributed by atoms with van der Waals surface area (Å²) < 4.78 is 16.6. The van der Waals surface area contributed by atoms with E-state index in [1.165, 1.54) is 0 Å². The van der Waals surface area contributed by atoms with E-state index >= 15 is 0 Å². The Morgan fingerprint density at radius 1 is 1.00 bits per heavy atom. The highest BCUT2D eigenvalue weighted by molar-refractivity contribution is 9.10. The summed E-state index contributed by atoms with van der Waals surface area (Å²) in [7, 11) is 3.18. The number of hydrogen-bond acceptors (Lipinski definition) is 4. The first-order chi connectivity index (χ1) is 8.72. The first-order valence-corrected chi connectivity index (χ1v) is 6.04. The molecular weight excluding hydrogens is 298 g/mol. The summed E-state index contributed by atoms with van der Waals surface area (Å²) in [5, 5.41) is 0. The van der Waals surface area contributed by atoms with Crippen LogP contribution >= 0.6 is 15.9 Å². The number of benzene rings is 1. The number of methoxy groups -OCH3 is 2. The molecule has 0 atom stereocenters. The average molecular weight is 310 g/mol. The fraction of sp³-hybridized carbons (Fsp3) is 0.154. The molecule has 0 N–H and O–H groups in total. The smallest absolute Gasteiger partial charge is 0.222 e. The zero-order valence-electron chi connectivity index (χ0n) is 10.0. The van der Waals surface area contributed by atoms with E-state index < -0.39 is 0 Å². The van der Waals surface area contributed by atoms with Gasteiger partial charge in [-0.25, -0.2) is 0 Å². The Morgan fingerprint density at radius 3 is 2.44 bits per heavy atom. The molecule has 2 aromatic rings. The predicted molar refractivity (Wildman–Crippen MR) is 71.6 cm³/mol. The Balaban J connectivity index is 2.22. The molecule has 5 heteroatoms. The van der Waals surface area contributed by atoms with E-state index in [0.29, 0.717) is 17.5 Å². The maximum absolute atomic E-state index is 5.66. The molecule has 0 radical (unpaired) electrons. The minimum Gasteiger partial charge on any atom is -0.497 e. The molecule has 94 valence electrons. The van der Waals surface area contributed by atoms with E-state index in [4.69, 9.17) is 14.2 Å². The third kappa shape index (κ3) is 2.92. The van der Waals surface area contributed by atoms with Gasteiger partial charge < -0.3 is 14.2 Å². The molecule has 1 aromatic heterocycles. The van der Waals surface area contributed by atoms with Gasteiger partial charge in [-0.2, -0.15) is 4.98 Å². The summed E-state index contributed by atoms with van der Waals surface area (Å²) in [5.74, 6) is 2.40. The van der Waals surface area contributed by atoms with E-state index in [1.807, 2.05) is 24.3 Å². The Kier molecular flexibility index (Phi) is 4.04. The van der Waals surface area contributed by atoms with Crippen molar-refractivity contribution in [1.29, 1.82) is 0 Å². The Morgan fingerprint density at radius 2 is 1.78 bits per heavy atom. The summed E-state index contributed by atoms with van der Waals surface area (Å²) in [6, 6.07) is 10.8. The highest BCUT2D eigenvalue weighted by atomic mass is 79.9. The first kappa shape index (κ1) is 12.7. The van der Waals surface area contributed by atoms with Crippen LogP contribution in [0, 0.1) is 0 Å². The van der Waals surface area contributed by atoms with Crippen molar-refractivity contribution in [3.63, 3.8) is 0 Å². The number of nitrogens with zero attached hydrogens (tertiary/aromatic N) is 1. The summed E-state index contributed by atoms with van der Waals surface area (Å²) >= 11 is 3.42. The fourth-order valence-electron chi connectivity index (χ4n) is 1.37. The van der Waals surface area contributed by atoms with Crippen molar-refractivity contribution in [2.45, 2.75) is 0 Å². The molecule has 4 nitrogen and oxygen atoms in total. The van der Waals surface area contributed by atoms with Crippen LogP contribution in [0.2, 0.25) is 0 Å². The highest BCUT2D eigenvalue weighted by Gasteiger charge is 2.06. The van der Waals surface area contributed by atoms with Crippen LogP contribution in [0.3, 0.4) is 0 Å². The van der Waals surface area contributed by atoms with Crippen molar-refractivity contribution < 1.29 is 14.2 Å². The average Bonchev–Trinajstić information content (AvgIpc) is 2.41. The standard InChI is InChI=1S/C13H12BrNO3/c1-16-9-6-7-11(10(14)8-9)18-13-5-3-4-12(15-13)17-2/h3-8H,1-2H3. The van der Waals surface area contributed by atoms with Crippen LogP contribution in [0.25, 0.3) is 0 Å². The van der Waals surface area contributed by atoms with E-state index in [0.717, 1.165) is 10.2 Å². The molecular formula is C13H12BrNO3. The van der Waals surface area contributed by atoms with Crippen LogP contribution in [0.1, 0.15) is 0 Å². The minimum atomic E-state index is 0.472. The molecule has 0 unspecified atom stereocenters. The molecule has 0 saturated heterocycles. The maximum atomic E-state index is 5.66. The van der Waals surface area contributed by atoms with Gasteiger partial charge in [0.1, 0.15) is 11.5 Å². The number of aromatic nitrogens is 1. The Bertz CT molecular complexity index is 546. The maximum Gasteiger partial charge on any atom is 0.222 e. The minimum absolute atomic E-state index is 0.472. The molecule has 0 aliphatic carbocycles. The molecule has 0 saturated carbocycles. The second kappa shape index (κ2) is 5.73. The lowest BCUT2D eigenvalue weighted by atomic mass is 10.3. The zero-order chi connectivity index (χ0) is 13.0. The van der Waals surface area contributed by atoms with Crippen LogP contribution in [0.15, 0.2) is 40.9 Å². The summed E-state index contributed by atoms with van der Waals surface area (Å²) in [4.78, 5) is 4.17. The lowest BCUT2D eigenvalue weighted by Crippen LogP contribution is -1.92. The van der Waals surface area contributed by atoms with Gasteiger partial charge >= 0.3 is 0 Å². The van der Waals surface area contributed by atoms with Gasteiger partial charge in [-0.3, -0.25) is 0 Å². The monoisotopic (exact) mass is 309 g/mol. The van der Waals surface area contributed by atoms with Gasteiger partial charge in [0.05, 0.1) is 18.7 Å². The molecule has 1 heterocycles. The second-order valence-electron chi connectivity index (χ2n) is 3.42. The van der Waals surface area contributed by atoms with Gasteiger partial charge in [-0.1, -0.05) is 6.07 Å². The molecule has 0 fully saturated rings. The SMILES string of the molecule is COc1ccc(Oc2cccc(OC)n2)c(Br)c1. The predicted octanol–water partition coefficient (Wildman–Crippen LogP) is 3.65. The topological polar surface area (TPSA) is 40.6 Å². The quantitative estimate of drug-likeness (QED) is 0.864. The molecule has 0 spiro atoms. The number of pyridine rings is 1. The van der Waals surface area contributed by atoms with Crippen LogP contribution < -0.4 is 14.2 Å². The van der Waals surface area contributed by atoms with E-state index in [2.05, 4.69) is 20.9 Å². The van der Waals surface area contributed by atoms with E-state index in [1.54, 1.807) is 26.4 Å². The van der Waals surface area contributed by atoms with Crippen molar-refractivity contribution in [2.24, 2.45) is 0 Å². The third-order valence-corrected chi connectivity index (χ3v) is 2.88. The second-order valence-corrected chi connectivity index (χ2v) is 4.27. The molecule has 0 bridgehead atoms. The van der Waals surface area contributed by atoms with Crippen LogP contribution in [-0.4, -0.2) is 19.2 Å². The van der Waals surface area contributed by atoms with Gasteiger partial charge in [-0.05, 0) is 34.1 Å². The molecule has 2 rings (SSSR count). The van der Waals surface area contributed by atoms with Crippen molar-refractivity contribution in [2.75, 3.05) is 14.2 Å². The van der Waals surface area contributed by atoms with Crippen molar-refractivity contribution in [3.8, 4) is 23.3 Å². The van der Waals surface area contributed by atoms with E-state index in [-0.39, 0.29) is 0 Å². The largest absolute Gasteiger partial charge is 0.497 e. The fourth-order valence-corrected chi connectivity index (χ4v) is 1.81. The van der Waals surface area contributed by atoms with Crippen LogP contribution in [0.5, 0.6) is 23.3 Å². The van der Waals surface area contributed by atoms with E-state index in [9.17, 15) is 0 Å². The lowest BCUT2D eigenvalue weighted by Gasteiger charge is -2.09. The Labute approximate surface area is 114 Å². The van der Waals surface area contributed by atoms with Gasteiger partial charge in [0.15, 0.2) is 0 Å². The molecule has 0 aliphatic heterocycles. The van der Waals surface area contributed by atoms with Gasteiger partial charge in [-0.15, -0.1) is 0 Å². The van der Waals surface area contributed by atoms with Gasteiger partial charge in [0, 0.05) is 12.1 Å². The summed E-state index contributed by atoms with van der Waals surface area (Å²) in [5.41, 5.74) is 0. The molecule has 0 amide bonds. The first-order valence-electron chi connectivity index (χ1n) is 5.25. The summed E-state index contributed by atoms with van der Waals surface area (Å²) in [6.45, 7) is 0. The van der Waals surface area contributed by atoms with Crippen molar-refractivity contribution in [3.05, 3.63) is 40.9 Å². The molecule has 0 aliphatic rings. The number of hydrogen-bond donors (Lipinski definition) is 0. The third-order valence-electron chi connectivity index (χ3n) is 2.26. The highest BCUT2D eigenvalue weighted by Crippen LogP contribution is 2.32.